The van der Waals surface area contributed by atoms with Gasteiger partial charge in [-0.2, -0.15) is 0 Å². The SMILES string of the molecule is C=C(C)CC1(C)N=C1c1ccccc1. The van der Waals surface area contributed by atoms with E-state index in [0.29, 0.717) is 0 Å². The van der Waals surface area contributed by atoms with Crippen LogP contribution >= 0.6 is 0 Å². The van der Waals surface area contributed by atoms with Crippen LogP contribution in [0.2, 0.25) is 0 Å². The van der Waals surface area contributed by atoms with Crippen molar-refractivity contribution in [1.29, 1.82) is 0 Å². The lowest BCUT2D eigenvalue weighted by Gasteiger charge is -2.08. The number of hydrogen-bond acceptors (Lipinski definition) is 1. The average Bonchev–Trinajstić information content (AvgIpc) is 2.77. The van der Waals surface area contributed by atoms with Crippen molar-refractivity contribution in [3.05, 3.63) is 48.0 Å². The molecule has 2 rings (SSSR count). The molecule has 0 fully saturated rings. The molecule has 0 radical (unpaired) electrons. The maximum absolute atomic E-state index is 4.55. The van der Waals surface area contributed by atoms with Crippen LogP contribution in [0.25, 0.3) is 0 Å². The molecule has 0 bridgehead atoms. The van der Waals surface area contributed by atoms with E-state index in [0.717, 1.165) is 6.42 Å². The van der Waals surface area contributed by atoms with Crippen LogP contribution in [0.4, 0.5) is 0 Å². The molecule has 1 atom stereocenters. The zero-order valence-electron chi connectivity index (χ0n) is 8.75. The number of nitrogens with zero attached hydrogens (tertiary/aromatic N) is 1. The van der Waals surface area contributed by atoms with Gasteiger partial charge >= 0.3 is 0 Å². The summed E-state index contributed by atoms with van der Waals surface area (Å²) in [5.41, 5.74) is 3.70. The molecule has 0 spiro atoms. The molecule has 0 aromatic heterocycles. The van der Waals surface area contributed by atoms with Gasteiger partial charge in [0.15, 0.2) is 0 Å². The van der Waals surface area contributed by atoms with E-state index in [9.17, 15) is 0 Å². The Kier molecular flexibility index (Phi) is 2.03. The van der Waals surface area contributed by atoms with Crippen LogP contribution in [0.3, 0.4) is 0 Å². The number of hydrogen-bond donors (Lipinski definition) is 0. The second-order valence-electron chi connectivity index (χ2n) is 4.23. The highest BCUT2D eigenvalue weighted by Crippen LogP contribution is 2.37. The maximum atomic E-state index is 4.55. The van der Waals surface area contributed by atoms with E-state index in [1.165, 1.54) is 16.8 Å². The van der Waals surface area contributed by atoms with Gasteiger partial charge in [0.25, 0.3) is 0 Å². The van der Waals surface area contributed by atoms with Gasteiger partial charge in [0.1, 0.15) is 5.54 Å². The molecule has 14 heavy (non-hydrogen) atoms. The second-order valence-corrected chi connectivity index (χ2v) is 4.23. The molecular formula is C13H15N. The van der Waals surface area contributed by atoms with Crippen LogP contribution < -0.4 is 0 Å². The number of benzene rings is 1. The van der Waals surface area contributed by atoms with Gasteiger partial charge in [-0.3, -0.25) is 4.99 Å². The van der Waals surface area contributed by atoms with Crippen molar-refractivity contribution in [3.8, 4) is 0 Å². The third kappa shape index (κ3) is 1.63. The van der Waals surface area contributed by atoms with Gasteiger partial charge in [-0.1, -0.05) is 35.9 Å². The highest BCUT2D eigenvalue weighted by molar-refractivity contribution is 6.16. The second kappa shape index (κ2) is 3.09. The van der Waals surface area contributed by atoms with Crippen LogP contribution in [-0.2, 0) is 0 Å². The molecule has 0 aliphatic carbocycles. The van der Waals surface area contributed by atoms with Crippen LogP contribution in [0.5, 0.6) is 0 Å². The van der Waals surface area contributed by atoms with Crippen molar-refractivity contribution in [2.75, 3.05) is 0 Å². The molecule has 0 saturated carbocycles. The molecule has 72 valence electrons. The molecular weight excluding hydrogens is 170 g/mol. The van der Waals surface area contributed by atoms with Gasteiger partial charge in [-0.15, -0.1) is 6.58 Å². The molecule has 1 heterocycles. The normalized spacial score (nSPS) is 24.3. The lowest BCUT2D eigenvalue weighted by atomic mass is 9.94. The highest BCUT2D eigenvalue weighted by Gasteiger charge is 2.42. The largest absolute Gasteiger partial charge is 0.273 e. The van der Waals surface area contributed by atoms with E-state index in [-0.39, 0.29) is 5.54 Å². The predicted molar refractivity (Wildman–Crippen MR) is 60.8 cm³/mol. The van der Waals surface area contributed by atoms with E-state index in [1.807, 2.05) is 6.07 Å². The zero-order valence-corrected chi connectivity index (χ0v) is 8.75. The Labute approximate surface area is 85.2 Å². The minimum absolute atomic E-state index is 0.0349. The Bertz CT molecular complexity index is 389. The van der Waals surface area contributed by atoms with E-state index < -0.39 is 0 Å². The Hall–Kier alpha value is -1.37. The van der Waals surface area contributed by atoms with Crippen molar-refractivity contribution in [2.24, 2.45) is 4.99 Å². The Morgan fingerprint density at radius 1 is 1.36 bits per heavy atom. The smallest absolute Gasteiger partial charge is 0.104 e. The first-order valence-corrected chi connectivity index (χ1v) is 4.92. The van der Waals surface area contributed by atoms with E-state index >= 15 is 0 Å². The zero-order chi connectivity index (χ0) is 10.2. The highest BCUT2D eigenvalue weighted by atomic mass is 15.0. The summed E-state index contributed by atoms with van der Waals surface area (Å²) in [7, 11) is 0. The molecule has 1 aromatic rings. The average molecular weight is 185 g/mol. The third-order valence-corrected chi connectivity index (χ3v) is 2.51. The van der Waals surface area contributed by atoms with Crippen LogP contribution in [0.1, 0.15) is 25.8 Å². The summed E-state index contributed by atoms with van der Waals surface area (Å²) < 4.78 is 0. The van der Waals surface area contributed by atoms with Gasteiger partial charge in [0, 0.05) is 0 Å². The van der Waals surface area contributed by atoms with Crippen molar-refractivity contribution in [2.45, 2.75) is 25.8 Å². The first-order chi connectivity index (χ1) is 6.62. The van der Waals surface area contributed by atoms with Gasteiger partial charge in [-0.25, -0.2) is 0 Å². The minimum atomic E-state index is 0.0349. The fourth-order valence-electron chi connectivity index (χ4n) is 1.90. The molecule has 0 amide bonds. The van der Waals surface area contributed by atoms with Crippen LogP contribution in [-0.4, -0.2) is 11.3 Å². The quantitative estimate of drug-likeness (QED) is 0.641. The van der Waals surface area contributed by atoms with Gasteiger partial charge in [0.05, 0.1) is 5.71 Å². The number of aliphatic imine (C=N–C) groups is 1. The first kappa shape index (κ1) is 9.20. The fraction of sp³-hybridized carbons (Fsp3) is 0.308. The molecule has 0 saturated heterocycles. The molecule has 1 heteroatoms. The summed E-state index contributed by atoms with van der Waals surface area (Å²) in [4.78, 5) is 4.55. The summed E-state index contributed by atoms with van der Waals surface area (Å²) in [5.74, 6) is 0. The van der Waals surface area contributed by atoms with E-state index in [1.54, 1.807) is 0 Å². The summed E-state index contributed by atoms with van der Waals surface area (Å²) in [5, 5.41) is 0. The van der Waals surface area contributed by atoms with Crippen molar-refractivity contribution in [1.82, 2.24) is 0 Å². The Morgan fingerprint density at radius 3 is 2.57 bits per heavy atom. The van der Waals surface area contributed by atoms with Gasteiger partial charge in [0.2, 0.25) is 0 Å². The molecule has 1 aliphatic rings. The molecule has 1 aromatic carbocycles. The molecule has 1 unspecified atom stereocenters. The maximum Gasteiger partial charge on any atom is 0.104 e. The Balaban J connectivity index is 2.12. The summed E-state index contributed by atoms with van der Waals surface area (Å²) >= 11 is 0. The van der Waals surface area contributed by atoms with Crippen molar-refractivity contribution < 1.29 is 0 Å². The summed E-state index contributed by atoms with van der Waals surface area (Å²) in [6.45, 7) is 8.16. The summed E-state index contributed by atoms with van der Waals surface area (Å²) in [6.07, 6.45) is 0.969. The van der Waals surface area contributed by atoms with Gasteiger partial charge in [-0.05, 0) is 25.8 Å². The van der Waals surface area contributed by atoms with E-state index in [2.05, 4.69) is 49.7 Å². The van der Waals surface area contributed by atoms with Gasteiger partial charge < -0.3 is 0 Å². The summed E-state index contributed by atoms with van der Waals surface area (Å²) in [6, 6.07) is 10.4. The Morgan fingerprint density at radius 2 is 2.00 bits per heavy atom. The lowest BCUT2D eigenvalue weighted by Crippen LogP contribution is -2.14. The lowest BCUT2D eigenvalue weighted by molar-refractivity contribution is 0.720. The topological polar surface area (TPSA) is 12.4 Å². The molecule has 1 aliphatic heterocycles. The van der Waals surface area contributed by atoms with Crippen LogP contribution in [0.15, 0.2) is 47.5 Å². The third-order valence-electron chi connectivity index (χ3n) is 2.51. The fourth-order valence-corrected chi connectivity index (χ4v) is 1.90. The van der Waals surface area contributed by atoms with Crippen molar-refractivity contribution in [3.63, 3.8) is 0 Å². The van der Waals surface area contributed by atoms with E-state index in [4.69, 9.17) is 0 Å². The minimum Gasteiger partial charge on any atom is -0.273 e. The predicted octanol–water partition coefficient (Wildman–Crippen LogP) is 3.21. The monoisotopic (exact) mass is 185 g/mol. The first-order valence-electron chi connectivity index (χ1n) is 4.92. The standard InChI is InChI=1S/C13H15N/c1-10(2)9-13(3)12(14-13)11-7-5-4-6-8-11/h4-8H,1,9H2,2-3H3. The molecule has 0 N–H and O–H groups in total. The molecule has 1 nitrogen and oxygen atoms in total. The van der Waals surface area contributed by atoms with Crippen molar-refractivity contribution >= 4 is 5.71 Å². The van der Waals surface area contributed by atoms with Crippen LogP contribution in [0, 0.1) is 0 Å². The number of rotatable bonds is 3.